The SMILES string of the molecule is Cc1ccc(OCc2cccc(O)c2)c(CN)c1. The first-order chi connectivity index (χ1) is 8.69. The topological polar surface area (TPSA) is 55.5 Å². The molecule has 0 amide bonds. The molecule has 2 aromatic rings. The number of aromatic hydroxyl groups is 1. The van der Waals surface area contributed by atoms with Gasteiger partial charge in [0.15, 0.2) is 0 Å². The second-order valence-corrected chi connectivity index (χ2v) is 4.27. The van der Waals surface area contributed by atoms with Gasteiger partial charge in [0.2, 0.25) is 0 Å². The number of hydrogen-bond donors (Lipinski definition) is 2. The maximum atomic E-state index is 9.37. The van der Waals surface area contributed by atoms with Gasteiger partial charge in [0.05, 0.1) is 0 Å². The van der Waals surface area contributed by atoms with Crippen LogP contribution in [-0.4, -0.2) is 5.11 Å². The van der Waals surface area contributed by atoms with Crippen LogP contribution < -0.4 is 10.5 Å². The fourth-order valence-corrected chi connectivity index (χ4v) is 1.82. The van der Waals surface area contributed by atoms with Crippen LogP contribution in [0.15, 0.2) is 42.5 Å². The summed E-state index contributed by atoms with van der Waals surface area (Å²) in [5.41, 5.74) is 8.78. The maximum Gasteiger partial charge on any atom is 0.124 e. The summed E-state index contributed by atoms with van der Waals surface area (Å²) in [6, 6.07) is 13.0. The summed E-state index contributed by atoms with van der Waals surface area (Å²) < 4.78 is 5.73. The minimum atomic E-state index is 0.249. The molecule has 2 aromatic carbocycles. The quantitative estimate of drug-likeness (QED) is 0.868. The Balaban J connectivity index is 2.10. The zero-order valence-electron chi connectivity index (χ0n) is 10.4. The van der Waals surface area contributed by atoms with Gasteiger partial charge < -0.3 is 15.6 Å². The first-order valence-electron chi connectivity index (χ1n) is 5.89. The molecule has 3 N–H and O–H groups in total. The number of phenolic OH excluding ortho intramolecular Hbond substituents is 1. The van der Waals surface area contributed by atoms with E-state index in [0.717, 1.165) is 16.9 Å². The van der Waals surface area contributed by atoms with Crippen LogP contribution in [-0.2, 0) is 13.2 Å². The van der Waals surface area contributed by atoms with Crippen LogP contribution in [0.25, 0.3) is 0 Å². The van der Waals surface area contributed by atoms with Gasteiger partial charge in [-0.15, -0.1) is 0 Å². The standard InChI is InChI=1S/C15H17NO2/c1-11-5-6-15(13(7-11)9-16)18-10-12-3-2-4-14(17)8-12/h2-8,17H,9-10,16H2,1H3. The second-order valence-electron chi connectivity index (χ2n) is 4.27. The van der Waals surface area contributed by atoms with Crippen molar-refractivity contribution in [3.8, 4) is 11.5 Å². The van der Waals surface area contributed by atoms with E-state index < -0.39 is 0 Å². The van der Waals surface area contributed by atoms with Gasteiger partial charge in [-0.1, -0.05) is 29.8 Å². The van der Waals surface area contributed by atoms with Crippen LogP contribution in [0.1, 0.15) is 16.7 Å². The average Bonchev–Trinajstić information content (AvgIpc) is 2.37. The number of phenols is 1. The lowest BCUT2D eigenvalue weighted by atomic mass is 10.1. The molecule has 3 heteroatoms. The Bertz CT molecular complexity index is 538. The summed E-state index contributed by atoms with van der Waals surface area (Å²) in [7, 11) is 0. The first-order valence-corrected chi connectivity index (χ1v) is 5.89. The van der Waals surface area contributed by atoms with Crippen molar-refractivity contribution in [3.05, 3.63) is 59.2 Å². The molecule has 2 rings (SSSR count). The predicted octanol–water partition coefficient (Wildman–Crippen LogP) is 2.74. The van der Waals surface area contributed by atoms with E-state index in [2.05, 4.69) is 0 Å². The van der Waals surface area contributed by atoms with E-state index in [0.29, 0.717) is 13.2 Å². The van der Waals surface area contributed by atoms with Crippen molar-refractivity contribution in [3.63, 3.8) is 0 Å². The third kappa shape index (κ3) is 3.02. The predicted molar refractivity (Wildman–Crippen MR) is 71.5 cm³/mol. The van der Waals surface area contributed by atoms with E-state index in [4.69, 9.17) is 10.5 Å². The molecule has 0 heterocycles. The van der Waals surface area contributed by atoms with Crippen molar-refractivity contribution < 1.29 is 9.84 Å². The summed E-state index contributed by atoms with van der Waals surface area (Å²) in [5, 5.41) is 9.37. The van der Waals surface area contributed by atoms with Gasteiger partial charge in [-0.2, -0.15) is 0 Å². The monoisotopic (exact) mass is 243 g/mol. The minimum Gasteiger partial charge on any atom is -0.508 e. The Morgan fingerprint density at radius 2 is 2.00 bits per heavy atom. The average molecular weight is 243 g/mol. The molecule has 0 radical (unpaired) electrons. The highest BCUT2D eigenvalue weighted by Gasteiger charge is 2.03. The molecular formula is C15H17NO2. The highest BCUT2D eigenvalue weighted by molar-refractivity contribution is 5.37. The third-order valence-electron chi connectivity index (χ3n) is 2.74. The van der Waals surface area contributed by atoms with Crippen molar-refractivity contribution in [2.75, 3.05) is 0 Å². The molecule has 0 aliphatic rings. The summed E-state index contributed by atoms with van der Waals surface area (Å²) >= 11 is 0. The highest BCUT2D eigenvalue weighted by atomic mass is 16.5. The molecule has 18 heavy (non-hydrogen) atoms. The minimum absolute atomic E-state index is 0.249. The Morgan fingerprint density at radius 3 is 2.72 bits per heavy atom. The summed E-state index contributed by atoms with van der Waals surface area (Å²) in [6.07, 6.45) is 0. The number of rotatable bonds is 4. The molecule has 0 saturated heterocycles. The normalized spacial score (nSPS) is 10.3. The van der Waals surface area contributed by atoms with Crippen LogP contribution in [0, 0.1) is 6.92 Å². The zero-order chi connectivity index (χ0) is 13.0. The molecular weight excluding hydrogens is 226 g/mol. The molecule has 0 aliphatic heterocycles. The van der Waals surface area contributed by atoms with E-state index in [9.17, 15) is 5.11 Å². The highest BCUT2D eigenvalue weighted by Crippen LogP contribution is 2.21. The molecule has 0 atom stereocenters. The van der Waals surface area contributed by atoms with Gasteiger partial charge in [0, 0.05) is 12.1 Å². The van der Waals surface area contributed by atoms with E-state index in [-0.39, 0.29) is 5.75 Å². The number of nitrogens with two attached hydrogens (primary N) is 1. The van der Waals surface area contributed by atoms with Gasteiger partial charge in [-0.05, 0) is 30.7 Å². The first kappa shape index (κ1) is 12.5. The molecule has 0 fully saturated rings. The van der Waals surface area contributed by atoms with Crippen molar-refractivity contribution in [1.29, 1.82) is 0 Å². The third-order valence-corrected chi connectivity index (χ3v) is 2.74. The van der Waals surface area contributed by atoms with Crippen LogP contribution in [0.5, 0.6) is 11.5 Å². The Hall–Kier alpha value is -2.00. The van der Waals surface area contributed by atoms with Gasteiger partial charge >= 0.3 is 0 Å². The van der Waals surface area contributed by atoms with Crippen molar-refractivity contribution in [2.24, 2.45) is 5.73 Å². The van der Waals surface area contributed by atoms with Crippen LogP contribution in [0.2, 0.25) is 0 Å². The van der Waals surface area contributed by atoms with Gasteiger partial charge in [0.1, 0.15) is 18.1 Å². The molecule has 94 valence electrons. The van der Waals surface area contributed by atoms with E-state index in [1.54, 1.807) is 18.2 Å². The van der Waals surface area contributed by atoms with E-state index >= 15 is 0 Å². The van der Waals surface area contributed by atoms with Crippen LogP contribution in [0.3, 0.4) is 0 Å². The van der Waals surface area contributed by atoms with Gasteiger partial charge in [0.25, 0.3) is 0 Å². The number of benzene rings is 2. The summed E-state index contributed by atoms with van der Waals surface area (Å²) in [5.74, 6) is 1.05. The Morgan fingerprint density at radius 1 is 1.17 bits per heavy atom. The number of aryl methyl sites for hydroxylation is 1. The fourth-order valence-electron chi connectivity index (χ4n) is 1.82. The smallest absolute Gasteiger partial charge is 0.124 e. The summed E-state index contributed by atoms with van der Waals surface area (Å²) in [4.78, 5) is 0. The number of hydrogen-bond acceptors (Lipinski definition) is 3. The van der Waals surface area contributed by atoms with Crippen LogP contribution in [0.4, 0.5) is 0 Å². The van der Waals surface area contributed by atoms with Crippen molar-refractivity contribution in [2.45, 2.75) is 20.1 Å². The molecule has 0 aromatic heterocycles. The molecule has 3 nitrogen and oxygen atoms in total. The molecule has 0 bridgehead atoms. The van der Waals surface area contributed by atoms with E-state index in [1.807, 2.05) is 31.2 Å². The molecule has 0 unspecified atom stereocenters. The Labute approximate surface area is 107 Å². The lowest BCUT2D eigenvalue weighted by molar-refractivity contribution is 0.302. The lowest BCUT2D eigenvalue weighted by Crippen LogP contribution is -2.03. The van der Waals surface area contributed by atoms with Crippen molar-refractivity contribution >= 4 is 0 Å². The number of ether oxygens (including phenoxy) is 1. The molecule has 0 saturated carbocycles. The van der Waals surface area contributed by atoms with Crippen LogP contribution >= 0.6 is 0 Å². The van der Waals surface area contributed by atoms with Gasteiger partial charge in [-0.25, -0.2) is 0 Å². The fraction of sp³-hybridized carbons (Fsp3) is 0.200. The summed E-state index contributed by atoms with van der Waals surface area (Å²) in [6.45, 7) is 2.90. The molecule has 0 spiro atoms. The second kappa shape index (κ2) is 5.56. The van der Waals surface area contributed by atoms with Gasteiger partial charge in [-0.3, -0.25) is 0 Å². The van der Waals surface area contributed by atoms with E-state index in [1.165, 1.54) is 5.56 Å². The Kier molecular flexibility index (Phi) is 3.85. The maximum absolute atomic E-state index is 9.37. The zero-order valence-corrected chi connectivity index (χ0v) is 10.4. The lowest BCUT2D eigenvalue weighted by Gasteiger charge is -2.11. The molecule has 0 aliphatic carbocycles. The van der Waals surface area contributed by atoms with Crippen molar-refractivity contribution in [1.82, 2.24) is 0 Å². The largest absolute Gasteiger partial charge is 0.508 e.